The number of rotatable bonds is 14. The van der Waals surface area contributed by atoms with E-state index in [2.05, 4.69) is 6.58 Å². The number of carbonyl (C=O) groups excluding carboxylic acids is 4. The zero-order chi connectivity index (χ0) is 38.6. The Balaban J connectivity index is 1.47. The number of hydrogen-bond acceptors (Lipinski definition) is 14. The lowest BCUT2D eigenvalue weighted by atomic mass is 9.78. The summed E-state index contributed by atoms with van der Waals surface area (Å²) in [5.74, 6) is -6.54. The predicted molar refractivity (Wildman–Crippen MR) is 180 cm³/mol. The number of carbonyl (C=O) groups is 5. The minimum atomic E-state index is -1.44. The number of carboxylic acid groups (broad SMARTS) is 1. The van der Waals surface area contributed by atoms with E-state index in [9.17, 15) is 39.3 Å². The van der Waals surface area contributed by atoms with Crippen molar-refractivity contribution in [2.75, 3.05) is 7.11 Å². The van der Waals surface area contributed by atoms with E-state index in [4.69, 9.17) is 33.2 Å². The molecule has 4 aliphatic heterocycles. The number of aldehydes is 1. The molecule has 294 valence electrons. The van der Waals surface area contributed by atoms with Crippen molar-refractivity contribution in [1.29, 1.82) is 0 Å². The highest BCUT2D eigenvalue weighted by molar-refractivity contribution is 5.82. The van der Waals surface area contributed by atoms with E-state index in [1.54, 1.807) is 20.8 Å². The van der Waals surface area contributed by atoms with Crippen LogP contribution >= 0.6 is 0 Å². The smallest absolute Gasteiger partial charge is 0.305 e. The first-order chi connectivity index (χ1) is 24.2. The van der Waals surface area contributed by atoms with Crippen LogP contribution in [0.15, 0.2) is 12.2 Å². The summed E-state index contributed by atoms with van der Waals surface area (Å²) in [7, 11) is 1.54. The maximum absolute atomic E-state index is 13.9. The second kappa shape index (κ2) is 17.1. The number of ketones is 1. The van der Waals surface area contributed by atoms with Gasteiger partial charge in [-0.15, -0.1) is 0 Å². The van der Waals surface area contributed by atoms with Crippen LogP contribution in [0.1, 0.15) is 105 Å². The average Bonchev–Trinajstić information content (AvgIpc) is 3.00. The van der Waals surface area contributed by atoms with E-state index in [1.165, 1.54) is 21.0 Å². The van der Waals surface area contributed by atoms with Crippen LogP contribution in [0.25, 0.3) is 0 Å². The molecule has 0 aromatic rings. The first kappa shape index (κ1) is 42.0. The van der Waals surface area contributed by atoms with Gasteiger partial charge in [0, 0.05) is 84.7 Å². The molecular weight excluding hydrogens is 684 g/mol. The van der Waals surface area contributed by atoms with E-state index >= 15 is 0 Å². The molecule has 4 fully saturated rings. The highest BCUT2D eigenvalue weighted by atomic mass is 16.7. The first-order valence-electron chi connectivity index (χ1n) is 18.1. The number of aliphatic hydroxyl groups excluding tert-OH is 1. The number of Topliss-reactive ketones (excluding diaryl/α,β-unsaturated/α-hetero) is 1. The Kier molecular flexibility index (Phi) is 13.8. The lowest BCUT2D eigenvalue weighted by Gasteiger charge is -2.51. The number of carboxylic acids is 1. The Morgan fingerprint density at radius 2 is 1.46 bits per heavy atom. The highest BCUT2D eigenvalue weighted by Crippen LogP contribution is 2.46. The number of methoxy groups -OCH3 is 1. The maximum Gasteiger partial charge on any atom is 0.305 e. The largest absolute Gasteiger partial charge is 0.481 e. The lowest BCUT2D eigenvalue weighted by Crippen LogP contribution is -2.58. The van der Waals surface area contributed by atoms with Crippen molar-refractivity contribution in [3.05, 3.63) is 12.2 Å². The molecule has 0 saturated carbocycles. The second-order valence-electron chi connectivity index (χ2n) is 15.6. The van der Waals surface area contributed by atoms with Gasteiger partial charge >= 0.3 is 17.9 Å². The Morgan fingerprint density at radius 3 is 2.08 bits per heavy atom. The molecule has 0 bridgehead atoms. The molecule has 52 heavy (non-hydrogen) atoms. The van der Waals surface area contributed by atoms with Crippen molar-refractivity contribution in [2.45, 2.75) is 171 Å². The van der Waals surface area contributed by atoms with E-state index < -0.39 is 89.6 Å². The van der Waals surface area contributed by atoms with Crippen molar-refractivity contribution in [2.24, 2.45) is 11.8 Å². The molecule has 4 heterocycles. The molecule has 0 aromatic carbocycles. The molecule has 15 nitrogen and oxygen atoms in total. The van der Waals surface area contributed by atoms with Gasteiger partial charge < -0.3 is 53.3 Å². The van der Waals surface area contributed by atoms with E-state index in [0.717, 1.165) is 0 Å². The standard InChI is InChI=1S/C37H56O15/c1-20(8-30-15-35(6,45)19-37(51-30)17-29(47-23(4)39)11-27(50-37)13-33(43)44)21(2)34(48-24(5)40)22(3)32(42)12-26-10-28(46-7)16-36(49-26)14-25(41)9-31(18-38)52-36/h18,21-22,25-31,34,41,45H,1,8-17,19H2,2-7H3,(H,43,44)/t21-,22-,25+,26+,27-,28+,29+,30?,31-,34+,35+,36+,37-/m1/s1. The Morgan fingerprint density at radius 1 is 0.846 bits per heavy atom. The van der Waals surface area contributed by atoms with E-state index in [0.29, 0.717) is 18.3 Å². The SMILES string of the molecule is C=C(CC1C[C@](C)(O)C[C@@]2(C[C@@H](OC(C)=O)C[C@H](CC(=O)O)O2)O1)[C@@H](C)[C@H](OC(C)=O)[C@H](C)C(=O)C[C@@H]1C[C@H](OC)C[C@@]2(C[C@@H](O)C[C@H](C=O)O2)O1. The van der Waals surface area contributed by atoms with E-state index in [1.807, 2.05) is 0 Å². The van der Waals surface area contributed by atoms with Crippen LogP contribution in [0.2, 0.25) is 0 Å². The van der Waals surface area contributed by atoms with Gasteiger partial charge in [0.15, 0.2) is 11.6 Å². The summed E-state index contributed by atoms with van der Waals surface area (Å²) in [5, 5.41) is 31.3. The minimum Gasteiger partial charge on any atom is -0.481 e. The lowest BCUT2D eigenvalue weighted by molar-refractivity contribution is -0.349. The second-order valence-corrected chi connectivity index (χ2v) is 15.6. The van der Waals surface area contributed by atoms with Gasteiger partial charge in [-0.1, -0.05) is 26.0 Å². The summed E-state index contributed by atoms with van der Waals surface area (Å²) in [6.07, 6.45) is -4.00. The molecule has 0 amide bonds. The number of ether oxygens (including phenoxy) is 7. The van der Waals surface area contributed by atoms with Gasteiger partial charge in [-0.2, -0.15) is 0 Å². The molecule has 4 rings (SSSR count). The molecule has 0 aliphatic carbocycles. The molecule has 15 heteroatoms. The summed E-state index contributed by atoms with van der Waals surface area (Å²) in [4.78, 5) is 61.2. The number of aliphatic hydroxyl groups is 2. The molecule has 0 aromatic heterocycles. The molecule has 4 aliphatic rings. The molecule has 13 atom stereocenters. The fraction of sp³-hybridized carbons (Fsp3) is 0.811. The van der Waals surface area contributed by atoms with Gasteiger partial charge in [-0.3, -0.25) is 19.2 Å². The number of esters is 2. The molecule has 0 radical (unpaired) electrons. The van der Waals surface area contributed by atoms with Gasteiger partial charge in [-0.05, 0) is 13.3 Å². The highest BCUT2D eigenvalue weighted by Gasteiger charge is 2.54. The zero-order valence-electron chi connectivity index (χ0n) is 31.1. The third-order valence-electron chi connectivity index (χ3n) is 10.6. The quantitative estimate of drug-likeness (QED) is 0.133. The molecule has 1 unspecified atom stereocenters. The summed E-state index contributed by atoms with van der Waals surface area (Å²) < 4.78 is 41.8. The topological polar surface area (TPSA) is 211 Å². The molecule has 4 saturated heterocycles. The summed E-state index contributed by atoms with van der Waals surface area (Å²) in [6, 6.07) is 0. The van der Waals surface area contributed by atoms with Gasteiger partial charge in [0.05, 0.1) is 48.5 Å². The third-order valence-corrected chi connectivity index (χ3v) is 10.6. The van der Waals surface area contributed by atoms with Crippen molar-refractivity contribution in [1.82, 2.24) is 0 Å². The summed E-state index contributed by atoms with van der Waals surface area (Å²) in [5.41, 5.74) is -0.715. The van der Waals surface area contributed by atoms with E-state index in [-0.39, 0.29) is 76.1 Å². The van der Waals surface area contributed by atoms with Gasteiger partial charge in [0.25, 0.3) is 0 Å². The van der Waals surface area contributed by atoms with Crippen LogP contribution < -0.4 is 0 Å². The summed E-state index contributed by atoms with van der Waals surface area (Å²) >= 11 is 0. The van der Waals surface area contributed by atoms with Crippen LogP contribution in [0, 0.1) is 11.8 Å². The van der Waals surface area contributed by atoms with Crippen LogP contribution in [0.3, 0.4) is 0 Å². The van der Waals surface area contributed by atoms with Crippen LogP contribution in [0.4, 0.5) is 0 Å². The number of hydrogen-bond donors (Lipinski definition) is 3. The monoisotopic (exact) mass is 740 g/mol. The Hall–Kier alpha value is -2.79. The average molecular weight is 741 g/mol. The fourth-order valence-electron chi connectivity index (χ4n) is 8.54. The Bertz CT molecular complexity index is 1310. The maximum atomic E-state index is 13.9. The van der Waals surface area contributed by atoms with Gasteiger partial charge in [0.2, 0.25) is 0 Å². The number of aliphatic carboxylic acids is 1. The zero-order valence-corrected chi connectivity index (χ0v) is 31.1. The van der Waals surface area contributed by atoms with Crippen LogP contribution in [0.5, 0.6) is 0 Å². The first-order valence-corrected chi connectivity index (χ1v) is 18.1. The summed E-state index contributed by atoms with van der Waals surface area (Å²) in [6.45, 7) is 11.9. The predicted octanol–water partition coefficient (Wildman–Crippen LogP) is 2.94. The third kappa shape index (κ3) is 11.1. The van der Waals surface area contributed by atoms with Crippen molar-refractivity contribution >= 4 is 30.0 Å². The molecular formula is C37H56O15. The van der Waals surface area contributed by atoms with Crippen molar-refractivity contribution in [3.63, 3.8) is 0 Å². The minimum absolute atomic E-state index is 0.0161. The molecule has 2 spiro atoms. The molecule has 3 N–H and O–H groups in total. The Labute approximate surface area is 304 Å². The van der Waals surface area contributed by atoms with Crippen LogP contribution in [-0.4, -0.2) is 118 Å². The van der Waals surface area contributed by atoms with Gasteiger partial charge in [-0.25, -0.2) is 0 Å². The van der Waals surface area contributed by atoms with Crippen molar-refractivity contribution < 1.29 is 72.5 Å². The fourth-order valence-corrected chi connectivity index (χ4v) is 8.54. The van der Waals surface area contributed by atoms with Crippen molar-refractivity contribution in [3.8, 4) is 0 Å². The normalized spacial score (nSPS) is 38.1. The van der Waals surface area contributed by atoms with Crippen LogP contribution in [-0.2, 0) is 57.1 Å². The van der Waals surface area contributed by atoms with Gasteiger partial charge in [0.1, 0.15) is 30.4 Å².